The van der Waals surface area contributed by atoms with E-state index in [0.29, 0.717) is 11.6 Å². The van der Waals surface area contributed by atoms with Gasteiger partial charge in [-0.3, -0.25) is 15.2 Å². The van der Waals surface area contributed by atoms with Crippen molar-refractivity contribution in [3.8, 4) is 22.8 Å². The molecule has 2 aromatic carbocycles. The molecular formula is C15H12N4O2. The first-order chi connectivity index (χ1) is 10.1. The normalized spacial score (nSPS) is 10.5. The maximum absolute atomic E-state index is 10.6. The lowest BCUT2D eigenvalue weighted by Gasteiger charge is -1.99. The zero-order valence-corrected chi connectivity index (χ0v) is 11.3. The van der Waals surface area contributed by atoms with E-state index >= 15 is 0 Å². The molecule has 0 aliphatic heterocycles. The molecule has 0 saturated carbocycles. The minimum Gasteiger partial charge on any atom is -0.259 e. The number of aromatic nitrogens is 3. The van der Waals surface area contributed by atoms with Crippen LogP contribution in [0.1, 0.15) is 5.56 Å². The number of rotatable bonds is 3. The Morgan fingerprint density at radius 2 is 1.81 bits per heavy atom. The summed E-state index contributed by atoms with van der Waals surface area (Å²) in [6.45, 7) is 2.00. The van der Waals surface area contributed by atoms with Crippen LogP contribution in [-0.2, 0) is 0 Å². The van der Waals surface area contributed by atoms with E-state index in [-0.39, 0.29) is 5.69 Å². The zero-order valence-electron chi connectivity index (χ0n) is 11.3. The Morgan fingerprint density at radius 1 is 1.10 bits per heavy atom. The van der Waals surface area contributed by atoms with Gasteiger partial charge in [-0.05, 0) is 24.6 Å². The molecule has 104 valence electrons. The third kappa shape index (κ3) is 2.51. The van der Waals surface area contributed by atoms with E-state index in [1.165, 1.54) is 12.1 Å². The van der Waals surface area contributed by atoms with Crippen LogP contribution in [0.5, 0.6) is 0 Å². The van der Waals surface area contributed by atoms with Crippen molar-refractivity contribution in [2.75, 3.05) is 0 Å². The Balaban J connectivity index is 1.95. The van der Waals surface area contributed by atoms with Crippen molar-refractivity contribution in [3.05, 3.63) is 64.2 Å². The zero-order chi connectivity index (χ0) is 14.8. The van der Waals surface area contributed by atoms with E-state index < -0.39 is 4.92 Å². The fraction of sp³-hybridized carbons (Fsp3) is 0.0667. The highest BCUT2D eigenvalue weighted by Crippen LogP contribution is 2.23. The summed E-state index contributed by atoms with van der Waals surface area (Å²) in [6, 6.07) is 14.0. The highest BCUT2D eigenvalue weighted by Gasteiger charge is 2.11. The van der Waals surface area contributed by atoms with Crippen LogP contribution in [0.3, 0.4) is 0 Å². The number of nitro groups is 1. The minimum absolute atomic E-state index is 0.0495. The summed E-state index contributed by atoms with van der Waals surface area (Å²) in [5, 5.41) is 17.7. The molecule has 0 aliphatic rings. The van der Waals surface area contributed by atoms with Gasteiger partial charge in [-0.2, -0.15) is 5.10 Å². The molecule has 1 aromatic heterocycles. The third-order valence-electron chi connectivity index (χ3n) is 3.22. The van der Waals surface area contributed by atoms with E-state index in [1.807, 2.05) is 31.2 Å². The van der Waals surface area contributed by atoms with Crippen LogP contribution in [0.15, 0.2) is 48.5 Å². The lowest BCUT2D eigenvalue weighted by molar-refractivity contribution is -0.384. The highest BCUT2D eigenvalue weighted by atomic mass is 16.6. The second-order valence-electron chi connectivity index (χ2n) is 4.63. The fourth-order valence-corrected chi connectivity index (χ4v) is 2.08. The van der Waals surface area contributed by atoms with Gasteiger partial charge in [0.25, 0.3) is 5.69 Å². The summed E-state index contributed by atoms with van der Waals surface area (Å²) in [5.41, 5.74) is 2.87. The van der Waals surface area contributed by atoms with E-state index in [4.69, 9.17) is 0 Å². The monoisotopic (exact) mass is 280 g/mol. The van der Waals surface area contributed by atoms with Crippen molar-refractivity contribution in [1.29, 1.82) is 0 Å². The molecule has 1 heterocycles. The van der Waals surface area contributed by atoms with Gasteiger partial charge in [-0.15, -0.1) is 0 Å². The number of non-ortho nitro benzene ring substituents is 1. The van der Waals surface area contributed by atoms with Crippen LogP contribution in [0.2, 0.25) is 0 Å². The van der Waals surface area contributed by atoms with Gasteiger partial charge in [0.15, 0.2) is 11.6 Å². The molecule has 0 unspecified atom stereocenters. The second kappa shape index (κ2) is 5.16. The average molecular weight is 280 g/mol. The number of aromatic amines is 1. The van der Waals surface area contributed by atoms with Gasteiger partial charge < -0.3 is 0 Å². The molecule has 0 aliphatic carbocycles. The number of H-pyrrole nitrogens is 1. The summed E-state index contributed by atoms with van der Waals surface area (Å²) in [4.78, 5) is 14.7. The number of aryl methyl sites for hydroxylation is 1. The molecule has 6 nitrogen and oxygen atoms in total. The molecular weight excluding hydrogens is 268 g/mol. The predicted octanol–water partition coefficient (Wildman–Crippen LogP) is 3.36. The molecule has 0 fully saturated rings. The third-order valence-corrected chi connectivity index (χ3v) is 3.22. The largest absolute Gasteiger partial charge is 0.269 e. The fourth-order valence-electron chi connectivity index (χ4n) is 2.08. The molecule has 0 atom stereocenters. The molecule has 0 radical (unpaired) electrons. The lowest BCUT2D eigenvalue weighted by Crippen LogP contribution is -1.88. The van der Waals surface area contributed by atoms with Gasteiger partial charge in [0.05, 0.1) is 4.92 Å². The number of hydrogen-bond donors (Lipinski definition) is 1. The van der Waals surface area contributed by atoms with Gasteiger partial charge in [-0.25, -0.2) is 4.98 Å². The molecule has 3 aromatic rings. The maximum atomic E-state index is 10.6. The van der Waals surface area contributed by atoms with E-state index in [2.05, 4.69) is 15.2 Å². The smallest absolute Gasteiger partial charge is 0.259 e. The summed E-state index contributed by atoms with van der Waals surface area (Å²) >= 11 is 0. The first-order valence-electron chi connectivity index (χ1n) is 6.38. The van der Waals surface area contributed by atoms with Crippen LogP contribution >= 0.6 is 0 Å². The molecule has 3 rings (SSSR count). The highest BCUT2D eigenvalue weighted by molar-refractivity contribution is 5.64. The SMILES string of the molecule is Cc1ccccc1-c1nc(-c2ccc([N+](=O)[O-])cc2)n[nH]1. The van der Waals surface area contributed by atoms with Gasteiger partial charge in [0.2, 0.25) is 0 Å². The Kier molecular flexibility index (Phi) is 3.19. The molecule has 0 bridgehead atoms. The van der Waals surface area contributed by atoms with Crippen LogP contribution in [0, 0.1) is 17.0 Å². The first kappa shape index (κ1) is 13.0. The first-order valence-corrected chi connectivity index (χ1v) is 6.38. The number of nitro benzene ring substituents is 1. The minimum atomic E-state index is -0.430. The van der Waals surface area contributed by atoms with Gasteiger partial charge in [0, 0.05) is 23.3 Å². The topological polar surface area (TPSA) is 84.7 Å². The van der Waals surface area contributed by atoms with Crippen LogP contribution in [0.4, 0.5) is 5.69 Å². The molecule has 1 N–H and O–H groups in total. The van der Waals surface area contributed by atoms with Crippen molar-refractivity contribution in [2.24, 2.45) is 0 Å². The summed E-state index contributed by atoms with van der Waals surface area (Å²) in [6.07, 6.45) is 0. The Hall–Kier alpha value is -3.02. The molecule has 0 amide bonds. The Bertz CT molecular complexity index is 793. The quantitative estimate of drug-likeness (QED) is 0.589. The van der Waals surface area contributed by atoms with Crippen molar-refractivity contribution in [1.82, 2.24) is 15.2 Å². The van der Waals surface area contributed by atoms with E-state index in [1.54, 1.807) is 12.1 Å². The van der Waals surface area contributed by atoms with E-state index in [9.17, 15) is 10.1 Å². The second-order valence-corrected chi connectivity index (χ2v) is 4.63. The van der Waals surface area contributed by atoms with Gasteiger partial charge in [0.1, 0.15) is 0 Å². The van der Waals surface area contributed by atoms with Crippen molar-refractivity contribution in [2.45, 2.75) is 6.92 Å². The number of nitrogens with zero attached hydrogens (tertiary/aromatic N) is 3. The molecule has 6 heteroatoms. The van der Waals surface area contributed by atoms with Crippen molar-refractivity contribution < 1.29 is 4.92 Å². The Morgan fingerprint density at radius 3 is 2.48 bits per heavy atom. The standard InChI is InChI=1S/C15H12N4O2/c1-10-4-2-3-5-13(10)15-16-14(17-18-15)11-6-8-12(9-7-11)19(20)21/h2-9H,1H3,(H,16,17,18). The summed E-state index contributed by atoms with van der Waals surface area (Å²) in [5.74, 6) is 1.20. The summed E-state index contributed by atoms with van der Waals surface area (Å²) < 4.78 is 0. The van der Waals surface area contributed by atoms with Crippen LogP contribution in [-0.4, -0.2) is 20.1 Å². The van der Waals surface area contributed by atoms with Gasteiger partial charge >= 0.3 is 0 Å². The maximum Gasteiger partial charge on any atom is 0.269 e. The Labute approximate surface area is 120 Å². The summed E-state index contributed by atoms with van der Waals surface area (Å²) in [7, 11) is 0. The predicted molar refractivity (Wildman–Crippen MR) is 78.6 cm³/mol. The molecule has 0 saturated heterocycles. The number of nitrogens with one attached hydrogen (secondary N) is 1. The van der Waals surface area contributed by atoms with E-state index in [0.717, 1.165) is 16.7 Å². The average Bonchev–Trinajstić information content (AvgIpc) is 2.97. The molecule has 21 heavy (non-hydrogen) atoms. The number of benzene rings is 2. The number of hydrogen-bond acceptors (Lipinski definition) is 4. The van der Waals surface area contributed by atoms with Crippen molar-refractivity contribution >= 4 is 5.69 Å². The van der Waals surface area contributed by atoms with Crippen molar-refractivity contribution in [3.63, 3.8) is 0 Å². The lowest BCUT2D eigenvalue weighted by atomic mass is 10.1. The van der Waals surface area contributed by atoms with Gasteiger partial charge in [-0.1, -0.05) is 24.3 Å². The van der Waals surface area contributed by atoms with Crippen LogP contribution < -0.4 is 0 Å². The molecule has 0 spiro atoms. The van der Waals surface area contributed by atoms with Crippen LogP contribution in [0.25, 0.3) is 22.8 Å².